The summed E-state index contributed by atoms with van der Waals surface area (Å²) in [6.45, 7) is 2.68. The van der Waals surface area contributed by atoms with E-state index in [0.717, 1.165) is 35.0 Å². The van der Waals surface area contributed by atoms with E-state index >= 15 is 0 Å². The van der Waals surface area contributed by atoms with Gasteiger partial charge in [0.05, 0.1) is 5.51 Å². The van der Waals surface area contributed by atoms with E-state index in [0.29, 0.717) is 30.9 Å². The van der Waals surface area contributed by atoms with Crippen molar-refractivity contribution < 1.29 is 14.0 Å². The van der Waals surface area contributed by atoms with Crippen LogP contribution in [0.1, 0.15) is 27.3 Å². The van der Waals surface area contributed by atoms with E-state index in [1.807, 2.05) is 40.3 Å². The highest BCUT2D eigenvalue weighted by Crippen LogP contribution is 2.30. The summed E-state index contributed by atoms with van der Waals surface area (Å²) < 4.78 is 13.7. The first-order valence-corrected chi connectivity index (χ1v) is 12.6. The number of hydrogen-bond acceptors (Lipinski definition) is 5. The van der Waals surface area contributed by atoms with Gasteiger partial charge in [0.1, 0.15) is 11.5 Å². The van der Waals surface area contributed by atoms with Crippen LogP contribution in [0.2, 0.25) is 0 Å². The van der Waals surface area contributed by atoms with Gasteiger partial charge in [0.2, 0.25) is 0 Å². The van der Waals surface area contributed by atoms with Gasteiger partial charge in [-0.15, -0.1) is 11.3 Å². The second-order valence-electron chi connectivity index (χ2n) is 9.16. The lowest BCUT2D eigenvalue weighted by molar-refractivity contribution is 0.0553. The maximum absolute atomic E-state index is 13.7. The number of carbonyl (C=O) groups excluding carboxylic acids is 2. The highest BCUT2D eigenvalue weighted by molar-refractivity contribution is 7.07. The number of H-pyrrole nitrogens is 1. The van der Waals surface area contributed by atoms with Crippen molar-refractivity contribution in [2.45, 2.75) is 18.5 Å². The average Bonchev–Trinajstić information content (AvgIpc) is 3.61. The van der Waals surface area contributed by atoms with Crippen LogP contribution in [0.4, 0.5) is 4.39 Å². The van der Waals surface area contributed by atoms with E-state index in [1.165, 1.54) is 23.5 Å². The fourth-order valence-corrected chi connectivity index (χ4v) is 5.51. The minimum atomic E-state index is -0.277. The molecule has 0 spiro atoms. The van der Waals surface area contributed by atoms with Crippen LogP contribution in [0, 0.1) is 5.82 Å². The molecule has 35 heavy (non-hydrogen) atoms. The number of likely N-dealkylation sites (tertiary alicyclic amines) is 2. The largest absolute Gasteiger partial charge is 0.361 e. The van der Waals surface area contributed by atoms with E-state index in [2.05, 4.69) is 15.3 Å². The van der Waals surface area contributed by atoms with Crippen LogP contribution in [0.25, 0.3) is 22.0 Å². The van der Waals surface area contributed by atoms with Gasteiger partial charge >= 0.3 is 0 Å². The molecule has 0 bridgehead atoms. The SMILES string of the molecule is O=C(c1ccc2c(-c3cccc(F)c3)c[nH]c2c1)N1CC(NC2CCN(C(=O)c3cscn3)C2)C1. The number of nitrogens with zero attached hydrogens (tertiary/aromatic N) is 3. The molecule has 178 valence electrons. The van der Waals surface area contributed by atoms with Crippen LogP contribution in [-0.4, -0.2) is 69.8 Å². The van der Waals surface area contributed by atoms with E-state index in [-0.39, 0.29) is 29.7 Å². The lowest BCUT2D eigenvalue weighted by Gasteiger charge is -2.41. The van der Waals surface area contributed by atoms with Gasteiger partial charge < -0.3 is 20.1 Å². The van der Waals surface area contributed by atoms with Crippen LogP contribution in [0.5, 0.6) is 0 Å². The summed E-state index contributed by atoms with van der Waals surface area (Å²) in [6, 6.07) is 12.6. The molecule has 2 aromatic heterocycles. The Morgan fingerprint density at radius 3 is 2.71 bits per heavy atom. The van der Waals surface area contributed by atoms with E-state index in [4.69, 9.17) is 0 Å². The molecule has 7 nitrogen and oxygen atoms in total. The Kier molecular flexibility index (Phi) is 5.58. The maximum Gasteiger partial charge on any atom is 0.273 e. The number of nitrogens with one attached hydrogen (secondary N) is 2. The normalized spacial score (nSPS) is 18.3. The molecule has 6 rings (SSSR count). The Hall–Kier alpha value is -3.56. The van der Waals surface area contributed by atoms with Gasteiger partial charge in [-0.2, -0.15) is 0 Å². The van der Waals surface area contributed by atoms with E-state index in [1.54, 1.807) is 17.0 Å². The Labute approximate surface area is 205 Å². The zero-order valence-electron chi connectivity index (χ0n) is 18.9. The highest BCUT2D eigenvalue weighted by atomic mass is 32.1. The van der Waals surface area contributed by atoms with Crippen molar-refractivity contribution >= 4 is 34.1 Å². The van der Waals surface area contributed by atoms with Crippen molar-refractivity contribution in [1.29, 1.82) is 0 Å². The number of amides is 2. The number of rotatable bonds is 5. The van der Waals surface area contributed by atoms with Crippen molar-refractivity contribution in [2.24, 2.45) is 0 Å². The number of benzene rings is 2. The van der Waals surface area contributed by atoms with Gasteiger partial charge in [0.25, 0.3) is 11.8 Å². The fraction of sp³-hybridized carbons (Fsp3) is 0.269. The first kappa shape index (κ1) is 21.9. The Morgan fingerprint density at radius 1 is 1.06 bits per heavy atom. The molecule has 2 aliphatic rings. The van der Waals surface area contributed by atoms with Gasteiger partial charge in [0.15, 0.2) is 0 Å². The predicted molar refractivity (Wildman–Crippen MR) is 133 cm³/mol. The van der Waals surface area contributed by atoms with Crippen LogP contribution in [0.3, 0.4) is 0 Å². The lowest BCUT2D eigenvalue weighted by atomic mass is 10.0. The number of fused-ring (bicyclic) bond motifs is 1. The molecule has 2 saturated heterocycles. The third-order valence-corrected chi connectivity index (χ3v) is 7.42. The molecule has 1 unspecified atom stereocenters. The van der Waals surface area contributed by atoms with Crippen LogP contribution >= 0.6 is 11.3 Å². The molecule has 0 saturated carbocycles. The summed E-state index contributed by atoms with van der Waals surface area (Å²) in [5.41, 5.74) is 5.37. The zero-order valence-corrected chi connectivity index (χ0v) is 19.7. The second kappa shape index (κ2) is 8.90. The van der Waals surface area contributed by atoms with Gasteiger partial charge in [-0.25, -0.2) is 9.37 Å². The van der Waals surface area contributed by atoms with Crippen molar-refractivity contribution in [3.63, 3.8) is 0 Å². The van der Waals surface area contributed by atoms with Crippen molar-refractivity contribution in [1.82, 2.24) is 25.1 Å². The number of aromatic amines is 1. The standard InChI is InChI=1S/C26H24FN5O2S/c27-18-3-1-2-16(8-18)22-10-28-23-9-17(4-5-21(22)23)25(33)32-12-20(13-32)30-19-6-7-31(11-19)26(34)24-14-35-15-29-24/h1-5,8-10,14-15,19-20,28,30H,6-7,11-13H2. The summed E-state index contributed by atoms with van der Waals surface area (Å²) in [4.78, 5) is 36.5. The Bertz CT molecular complexity index is 1400. The summed E-state index contributed by atoms with van der Waals surface area (Å²) in [5, 5.41) is 6.33. The lowest BCUT2D eigenvalue weighted by Crippen LogP contribution is -2.62. The number of thiazole rings is 1. The Morgan fingerprint density at radius 2 is 1.91 bits per heavy atom. The molecule has 1 atom stereocenters. The van der Waals surface area contributed by atoms with Gasteiger partial charge in [0, 0.05) is 71.9 Å². The quantitative estimate of drug-likeness (QED) is 0.447. The first-order chi connectivity index (χ1) is 17.0. The molecule has 0 aliphatic carbocycles. The number of hydrogen-bond donors (Lipinski definition) is 2. The van der Waals surface area contributed by atoms with Crippen molar-refractivity contribution in [3.05, 3.63) is 76.6 Å². The van der Waals surface area contributed by atoms with Gasteiger partial charge in [-0.05, 0) is 36.2 Å². The molecule has 2 amide bonds. The number of aromatic nitrogens is 2. The topological polar surface area (TPSA) is 81.3 Å². The van der Waals surface area contributed by atoms with Crippen molar-refractivity contribution in [2.75, 3.05) is 26.2 Å². The van der Waals surface area contributed by atoms with E-state index < -0.39 is 0 Å². The van der Waals surface area contributed by atoms with Crippen LogP contribution in [0.15, 0.2) is 59.6 Å². The average molecular weight is 490 g/mol. The number of halogens is 1. The molecule has 9 heteroatoms. The molecule has 4 heterocycles. The molecular formula is C26H24FN5O2S. The minimum absolute atomic E-state index is 0.00128. The monoisotopic (exact) mass is 489 g/mol. The van der Waals surface area contributed by atoms with Gasteiger partial charge in [-0.1, -0.05) is 18.2 Å². The third-order valence-electron chi connectivity index (χ3n) is 6.83. The highest BCUT2D eigenvalue weighted by Gasteiger charge is 2.35. The van der Waals surface area contributed by atoms with Crippen LogP contribution in [-0.2, 0) is 0 Å². The second-order valence-corrected chi connectivity index (χ2v) is 9.88. The molecule has 2 aromatic carbocycles. The first-order valence-electron chi connectivity index (χ1n) is 11.6. The molecule has 2 N–H and O–H groups in total. The van der Waals surface area contributed by atoms with E-state index in [9.17, 15) is 14.0 Å². The molecule has 2 aliphatic heterocycles. The summed E-state index contributed by atoms with van der Waals surface area (Å²) in [7, 11) is 0. The molecule has 4 aromatic rings. The molecular weight excluding hydrogens is 465 g/mol. The summed E-state index contributed by atoms with van der Waals surface area (Å²) >= 11 is 1.43. The number of carbonyl (C=O) groups is 2. The molecule has 2 fully saturated rings. The smallest absolute Gasteiger partial charge is 0.273 e. The third kappa shape index (κ3) is 4.21. The van der Waals surface area contributed by atoms with Crippen LogP contribution < -0.4 is 5.32 Å². The fourth-order valence-electron chi connectivity index (χ4n) is 4.98. The van der Waals surface area contributed by atoms with Gasteiger partial charge in [-0.3, -0.25) is 9.59 Å². The molecule has 0 radical (unpaired) electrons. The summed E-state index contributed by atoms with van der Waals surface area (Å²) in [6.07, 6.45) is 2.75. The minimum Gasteiger partial charge on any atom is -0.361 e. The van der Waals surface area contributed by atoms with Crippen molar-refractivity contribution in [3.8, 4) is 11.1 Å². The predicted octanol–water partition coefficient (Wildman–Crippen LogP) is 3.76. The Balaban J connectivity index is 1.05. The summed E-state index contributed by atoms with van der Waals surface area (Å²) in [5.74, 6) is -0.291. The zero-order chi connectivity index (χ0) is 23.9. The maximum atomic E-state index is 13.7.